The summed E-state index contributed by atoms with van der Waals surface area (Å²) in [6.07, 6.45) is 15.5. The van der Waals surface area contributed by atoms with Crippen molar-refractivity contribution in [3.05, 3.63) is 49.2 Å². The molecule has 0 nitrogen and oxygen atoms in total. The average molecular weight is 313 g/mol. The van der Waals surface area contributed by atoms with Crippen molar-refractivity contribution in [1.82, 2.24) is 0 Å². The van der Waals surface area contributed by atoms with Crippen LogP contribution in [0, 0.1) is 13.3 Å². The van der Waals surface area contributed by atoms with Gasteiger partial charge in [-0.1, -0.05) is 90.5 Å². The minimum absolute atomic E-state index is 0. The van der Waals surface area contributed by atoms with Crippen molar-refractivity contribution in [2.45, 2.75) is 84.5 Å². The maximum Gasteiger partial charge on any atom is 2.00 e. The fourth-order valence-corrected chi connectivity index (χ4v) is 2.74. The maximum atomic E-state index is 2.29. The molecule has 0 fully saturated rings. The first-order valence-corrected chi connectivity index (χ1v) is 8.72. The van der Waals surface area contributed by atoms with Crippen molar-refractivity contribution in [1.29, 1.82) is 0 Å². The molecule has 0 aliphatic rings. The van der Waals surface area contributed by atoms with E-state index in [-0.39, 0.29) is 30.5 Å². The Morgan fingerprint density at radius 2 is 1.18 bits per heavy atom. The summed E-state index contributed by atoms with van der Waals surface area (Å²) < 4.78 is 0. The predicted octanol–water partition coefficient (Wildman–Crippen LogP) is 7.01. The Hall–Kier alpha value is -0.144. The van der Waals surface area contributed by atoms with Crippen LogP contribution < -0.4 is 0 Å². The zero-order chi connectivity index (χ0) is 14.5. The Balaban J connectivity index is 0. The number of rotatable bonds is 12. The van der Waals surface area contributed by atoms with Crippen molar-refractivity contribution in [3.8, 4) is 0 Å². The fraction of sp³-hybridized carbons (Fsp3) is 0.619. The second-order valence-corrected chi connectivity index (χ2v) is 6.08. The molecule has 1 aromatic carbocycles. The molecule has 1 aromatic rings. The van der Waals surface area contributed by atoms with Gasteiger partial charge in [0.05, 0.1) is 0 Å². The van der Waals surface area contributed by atoms with Gasteiger partial charge in [-0.3, -0.25) is 0 Å². The second-order valence-electron chi connectivity index (χ2n) is 6.08. The van der Waals surface area contributed by atoms with E-state index in [0.717, 1.165) is 0 Å². The summed E-state index contributed by atoms with van der Waals surface area (Å²) in [5.74, 6) is 1.55. The van der Waals surface area contributed by atoms with E-state index >= 15 is 0 Å². The Labute approximate surface area is 156 Å². The normalized spacial score (nSPS) is 9.73. The molecule has 0 heterocycles. The number of benzene rings is 1. The smallest absolute Gasteiger partial charge is 0.358 e. The molecule has 1 heteroatoms. The van der Waals surface area contributed by atoms with E-state index in [1.54, 1.807) is 5.92 Å². The molecule has 0 saturated carbocycles. The van der Waals surface area contributed by atoms with Gasteiger partial charge in [0.2, 0.25) is 0 Å². The molecule has 122 valence electrons. The van der Waals surface area contributed by atoms with Crippen LogP contribution in [-0.4, -0.2) is 23.1 Å². The maximum absolute atomic E-state index is 2.29. The topological polar surface area (TPSA) is 0 Å². The van der Waals surface area contributed by atoms with Crippen molar-refractivity contribution < 1.29 is 0 Å². The van der Waals surface area contributed by atoms with Crippen molar-refractivity contribution in [2.24, 2.45) is 0 Å². The summed E-state index contributed by atoms with van der Waals surface area (Å²) in [4.78, 5) is 0. The third-order valence-electron chi connectivity index (χ3n) is 4.17. The van der Waals surface area contributed by atoms with Crippen LogP contribution in [0.2, 0.25) is 0 Å². The first-order valence-electron chi connectivity index (χ1n) is 8.72. The molecule has 0 N–H and O–H groups in total. The quantitative estimate of drug-likeness (QED) is 0.221. The second kappa shape index (κ2) is 17.2. The third-order valence-corrected chi connectivity index (χ3v) is 4.17. The zero-order valence-corrected chi connectivity index (χ0v) is 16.8. The van der Waals surface area contributed by atoms with E-state index in [2.05, 4.69) is 44.2 Å². The van der Waals surface area contributed by atoms with Crippen LogP contribution in [0.15, 0.2) is 30.3 Å². The van der Waals surface area contributed by atoms with E-state index < -0.39 is 0 Å². The zero-order valence-electron chi connectivity index (χ0n) is 15.4. The predicted molar refractivity (Wildman–Crippen MR) is 103 cm³/mol. The van der Waals surface area contributed by atoms with Gasteiger partial charge in [0, 0.05) is 0 Å². The molecule has 0 aliphatic heterocycles. The molecule has 22 heavy (non-hydrogen) atoms. The summed E-state index contributed by atoms with van der Waals surface area (Å²) in [7, 11) is 0. The van der Waals surface area contributed by atoms with E-state index in [9.17, 15) is 0 Å². The first kappa shape index (κ1) is 24.1. The van der Waals surface area contributed by atoms with Crippen LogP contribution in [0.4, 0.5) is 0 Å². The van der Waals surface area contributed by atoms with Crippen molar-refractivity contribution in [2.75, 3.05) is 0 Å². The average Bonchev–Trinajstić information content (AvgIpc) is 2.50. The van der Waals surface area contributed by atoms with E-state index in [0.29, 0.717) is 0 Å². The standard InChI is InChI=1S/C20H33.CH3.Mg/c1-3-4-5-6-7-8-9-10-11-13-16-19(2)20-17-14-12-15-18-20;;/h12,14-15,17-18H,3-11,13,16H2,1-2H3;1H3;/q2*-1;+2. The molecule has 0 atom stereocenters. The van der Waals surface area contributed by atoms with Crippen LogP contribution in [0.25, 0.3) is 0 Å². The number of hydrogen-bond donors (Lipinski definition) is 0. The molecule has 0 unspecified atom stereocenters. The number of unbranched alkanes of at least 4 members (excludes halogenated alkanes) is 9. The van der Waals surface area contributed by atoms with Gasteiger partial charge in [-0.2, -0.15) is 23.6 Å². The van der Waals surface area contributed by atoms with Gasteiger partial charge in [0.1, 0.15) is 0 Å². The summed E-state index contributed by atoms with van der Waals surface area (Å²) >= 11 is 0. The Morgan fingerprint density at radius 3 is 1.68 bits per heavy atom. The minimum Gasteiger partial charge on any atom is -0.358 e. The molecule has 0 saturated heterocycles. The van der Waals surface area contributed by atoms with Crippen LogP contribution in [-0.2, 0) is 0 Å². The van der Waals surface area contributed by atoms with Crippen molar-refractivity contribution in [3.63, 3.8) is 0 Å². The van der Waals surface area contributed by atoms with Gasteiger partial charge < -0.3 is 7.43 Å². The van der Waals surface area contributed by atoms with Gasteiger partial charge in [0.15, 0.2) is 0 Å². The van der Waals surface area contributed by atoms with E-state index in [4.69, 9.17) is 0 Å². The van der Waals surface area contributed by atoms with Gasteiger partial charge in [-0.05, 0) is 0 Å². The van der Waals surface area contributed by atoms with Crippen LogP contribution in [0.1, 0.15) is 90.0 Å². The monoisotopic (exact) mass is 312 g/mol. The van der Waals surface area contributed by atoms with E-state index in [1.807, 2.05) is 0 Å². The first-order chi connectivity index (χ1) is 9.84. The van der Waals surface area contributed by atoms with Crippen molar-refractivity contribution >= 4 is 23.1 Å². The Morgan fingerprint density at radius 1 is 0.727 bits per heavy atom. The molecule has 0 spiro atoms. The SMILES string of the molecule is CCCCCCCCCCCC[C-](C)c1ccccc1.[CH3-].[Mg+2]. The molecule has 0 aromatic heterocycles. The van der Waals surface area contributed by atoms with E-state index in [1.165, 1.54) is 76.2 Å². The summed E-state index contributed by atoms with van der Waals surface area (Å²) in [6, 6.07) is 10.8. The molecule has 0 radical (unpaired) electrons. The fourth-order valence-electron chi connectivity index (χ4n) is 2.74. The van der Waals surface area contributed by atoms with Crippen LogP contribution >= 0.6 is 0 Å². The van der Waals surface area contributed by atoms with Gasteiger partial charge in [-0.25, -0.2) is 0 Å². The molecule has 0 aliphatic carbocycles. The largest absolute Gasteiger partial charge is 2.00 e. The number of hydrogen-bond acceptors (Lipinski definition) is 0. The molecular formula is C21H36Mg. The van der Waals surface area contributed by atoms with Gasteiger partial charge in [-0.15, -0.1) is 12.1 Å². The Kier molecular flexibility index (Phi) is 18.9. The minimum atomic E-state index is 0. The summed E-state index contributed by atoms with van der Waals surface area (Å²) in [5.41, 5.74) is 1.42. The van der Waals surface area contributed by atoms with Crippen LogP contribution in [0.3, 0.4) is 0 Å². The summed E-state index contributed by atoms with van der Waals surface area (Å²) in [6.45, 7) is 4.57. The molecule has 0 bridgehead atoms. The molecule has 1 rings (SSSR count). The van der Waals surface area contributed by atoms with Gasteiger partial charge in [0.25, 0.3) is 0 Å². The molecular weight excluding hydrogens is 277 g/mol. The van der Waals surface area contributed by atoms with Crippen LogP contribution in [0.5, 0.6) is 0 Å². The Bertz CT molecular complexity index is 307. The third kappa shape index (κ3) is 12.4. The van der Waals surface area contributed by atoms with Gasteiger partial charge >= 0.3 is 23.1 Å². The summed E-state index contributed by atoms with van der Waals surface area (Å²) in [5, 5.41) is 0. The molecule has 0 amide bonds.